The molecule has 0 aromatic heterocycles. The number of aliphatic hydroxyl groups is 8. The van der Waals surface area contributed by atoms with Gasteiger partial charge in [-0.25, -0.2) is 0 Å². The van der Waals surface area contributed by atoms with Gasteiger partial charge in [-0.1, -0.05) is 35.8 Å². The Labute approximate surface area is 281 Å². The fourth-order valence-electron chi connectivity index (χ4n) is 6.20. The number of benzene rings is 2. The molecule has 262 valence electrons. The van der Waals surface area contributed by atoms with E-state index in [-0.39, 0.29) is 13.2 Å². The molecule has 0 amide bonds. The average molecular weight is 683 g/mol. The van der Waals surface area contributed by atoms with Crippen LogP contribution in [-0.2, 0) is 34.0 Å². The zero-order valence-electron chi connectivity index (χ0n) is 26.6. The standard InChI is InChI=1S/C35H38O14/c1-17(38)46-15-35(16-47-18(2)39)23-11-19(5-9-25-29(40)33(44)31(42)27(13-36)48-25)3-7-21(23)22-8-4-20(12-24(22)35)6-10-26-30(41)34(45)32(43)28(14-37)49-26/h3-4,7-8,11-12,25-34,36-37,40-45H,13-16H2,1-2H3. The first-order valence-electron chi connectivity index (χ1n) is 15.5. The molecule has 49 heavy (non-hydrogen) atoms. The number of carbonyl (C=O) groups is 2. The van der Waals surface area contributed by atoms with Gasteiger partial charge in [-0.3, -0.25) is 9.59 Å². The molecule has 5 rings (SSSR count). The Morgan fingerprint density at radius 1 is 0.653 bits per heavy atom. The molecule has 2 aliphatic heterocycles. The SMILES string of the molecule is CC(=O)OCC1(COC(C)=O)c2cc(C#CC3OC(CO)C(O)C(O)C3O)ccc2-c2ccc(C#CC3OC(CO)C(O)C(O)C3O)cc21. The molecule has 2 fully saturated rings. The van der Waals surface area contributed by atoms with Crippen molar-refractivity contribution in [3.63, 3.8) is 0 Å². The number of carbonyl (C=O) groups excluding carboxylic acids is 2. The molecule has 2 aromatic carbocycles. The third-order valence-corrected chi connectivity index (χ3v) is 8.91. The molecular formula is C35H38O14. The lowest BCUT2D eigenvalue weighted by atomic mass is 9.78. The maximum Gasteiger partial charge on any atom is 0.302 e. The van der Waals surface area contributed by atoms with Gasteiger partial charge < -0.3 is 59.8 Å². The largest absolute Gasteiger partial charge is 0.464 e. The molecule has 2 saturated heterocycles. The van der Waals surface area contributed by atoms with Crippen molar-refractivity contribution >= 4 is 11.9 Å². The summed E-state index contributed by atoms with van der Waals surface area (Å²) in [7, 11) is 0. The molecule has 3 aliphatic rings. The van der Waals surface area contributed by atoms with Crippen molar-refractivity contribution in [2.75, 3.05) is 26.4 Å². The first-order valence-corrected chi connectivity index (χ1v) is 15.5. The van der Waals surface area contributed by atoms with Crippen molar-refractivity contribution in [3.05, 3.63) is 58.7 Å². The van der Waals surface area contributed by atoms with E-state index in [0.29, 0.717) is 33.4 Å². The number of ether oxygens (including phenoxy) is 4. The Bertz CT molecular complexity index is 1560. The van der Waals surface area contributed by atoms with E-state index in [2.05, 4.69) is 23.7 Å². The summed E-state index contributed by atoms with van der Waals surface area (Å²) in [5.41, 5.74) is 2.18. The van der Waals surface area contributed by atoms with Crippen LogP contribution in [-0.4, -0.2) is 140 Å². The number of fused-ring (bicyclic) bond motifs is 3. The topological polar surface area (TPSA) is 233 Å². The first-order chi connectivity index (χ1) is 23.3. The van der Waals surface area contributed by atoms with Crippen LogP contribution in [0.4, 0.5) is 0 Å². The summed E-state index contributed by atoms with van der Waals surface area (Å²) in [5.74, 6) is 10.1. The smallest absolute Gasteiger partial charge is 0.302 e. The zero-order valence-corrected chi connectivity index (χ0v) is 26.6. The second kappa shape index (κ2) is 14.9. The predicted molar refractivity (Wildman–Crippen MR) is 167 cm³/mol. The summed E-state index contributed by atoms with van der Waals surface area (Å²) in [6.45, 7) is 0.765. The average Bonchev–Trinajstić information content (AvgIpc) is 3.35. The van der Waals surface area contributed by atoms with Crippen molar-refractivity contribution in [2.45, 2.75) is 80.3 Å². The molecule has 1 aliphatic carbocycles. The van der Waals surface area contributed by atoms with Crippen molar-refractivity contribution in [3.8, 4) is 34.8 Å². The van der Waals surface area contributed by atoms with E-state index in [1.165, 1.54) is 13.8 Å². The highest BCUT2D eigenvalue weighted by Gasteiger charge is 2.47. The fraction of sp³-hybridized carbons (Fsp3) is 0.486. The zero-order chi connectivity index (χ0) is 35.6. The monoisotopic (exact) mass is 682 g/mol. The molecule has 2 heterocycles. The number of esters is 2. The normalized spacial score (nSPS) is 31.2. The molecule has 14 heteroatoms. The minimum absolute atomic E-state index is 0.247. The highest BCUT2D eigenvalue weighted by molar-refractivity contribution is 5.83. The van der Waals surface area contributed by atoms with Crippen LogP contribution in [0.2, 0.25) is 0 Å². The van der Waals surface area contributed by atoms with Gasteiger partial charge in [-0.15, -0.1) is 0 Å². The van der Waals surface area contributed by atoms with E-state index >= 15 is 0 Å². The van der Waals surface area contributed by atoms with Gasteiger partial charge >= 0.3 is 11.9 Å². The van der Waals surface area contributed by atoms with E-state index in [1.807, 2.05) is 0 Å². The van der Waals surface area contributed by atoms with Crippen molar-refractivity contribution in [2.24, 2.45) is 0 Å². The molecule has 0 radical (unpaired) electrons. The third-order valence-electron chi connectivity index (χ3n) is 8.91. The van der Waals surface area contributed by atoms with Gasteiger partial charge in [0.05, 0.1) is 18.6 Å². The van der Waals surface area contributed by atoms with Crippen LogP contribution in [0.15, 0.2) is 36.4 Å². The van der Waals surface area contributed by atoms with E-state index < -0.39 is 91.6 Å². The minimum atomic E-state index is -1.60. The van der Waals surface area contributed by atoms with Gasteiger partial charge in [0.25, 0.3) is 0 Å². The van der Waals surface area contributed by atoms with Gasteiger partial charge in [0.1, 0.15) is 74.3 Å². The molecule has 14 nitrogen and oxygen atoms in total. The van der Waals surface area contributed by atoms with Crippen LogP contribution in [0.5, 0.6) is 0 Å². The van der Waals surface area contributed by atoms with E-state index in [4.69, 9.17) is 18.9 Å². The van der Waals surface area contributed by atoms with Crippen molar-refractivity contribution in [1.29, 1.82) is 0 Å². The summed E-state index contributed by atoms with van der Waals surface area (Å²) < 4.78 is 22.1. The van der Waals surface area contributed by atoms with Crippen molar-refractivity contribution in [1.82, 2.24) is 0 Å². The summed E-state index contributed by atoms with van der Waals surface area (Å²) >= 11 is 0. The highest BCUT2D eigenvalue weighted by Crippen LogP contribution is 2.50. The Balaban J connectivity index is 1.55. The molecule has 0 saturated carbocycles. The van der Waals surface area contributed by atoms with Crippen molar-refractivity contribution < 1.29 is 69.4 Å². The lowest BCUT2D eigenvalue weighted by Crippen LogP contribution is -2.58. The van der Waals surface area contributed by atoms with Gasteiger partial charge in [0.15, 0.2) is 0 Å². The lowest BCUT2D eigenvalue weighted by molar-refractivity contribution is -0.214. The van der Waals surface area contributed by atoms with Gasteiger partial charge in [-0.2, -0.15) is 0 Å². The Hall–Kier alpha value is -3.90. The number of hydrogen-bond donors (Lipinski definition) is 8. The quantitative estimate of drug-likeness (QED) is 0.116. The van der Waals surface area contributed by atoms with Crippen LogP contribution in [0.3, 0.4) is 0 Å². The van der Waals surface area contributed by atoms with Gasteiger partial charge in [-0.05, 0) is 46.5 Å². The van der Waals surface area contributed by atoms with Crippen LogP contribution in [0.25, 0.3) is 11.1 Å². The number of rotatable bonds is 6. The Morgan fingerprint density at radius 3 is 1.39 bits per heavy atom. The second-order valence-electron chi connectivity index (χ2n) is 12.2. The molecular weight excluding hydrogens is 644 g/mol. The summed E-state index contributed by atoms with van der Waals surface area (Å²) in [6.07, 6.45) is -14.1. The Kier molecular flexibility index (Phi) is 11.1. The van der Waals surface area contributed by atoms with Crippen LogP contribution in [0, 0.1) is 23.7 Å². The van der Waals surface area contributed by atoms with Crippen LogP contribution < -0.4 is 0 Å². The van der Waals surface area contributed by atoms with Crippen LogP contribution in [0.1, 0.15) is 36.1 Å². The van der Waals surface area contributed by atoms with Gasteiger partial charge in [0.2, 0.25) is 0 Å². The Morgan fingerprint density at radius 2 is 1.04 bits per heavy atom. The predicted octanol–water partition coefficient (Wildman–Crippen LogP) is -2.53. The maximum atomic E-state index is 12.1. The summed E-state index contributed by atoms with van der Waals surface area (Å²) in [5, 5.41) is 80.4. The lowest BCUT2D eigenvalue weighted by Gasteiger charge is -2.37. The molecule has 10 atom stereocenters. The van der Waals surface area contributed by atoms with Crippen LogP contribution >= 0.6 is 0 Å². The highest BCUT2D eigenvalue weighted by atomic mass is 16.6. The summed E-state index contributed by atoms with van der Waals surface area (Å²) in [6, 6.07) is 10.3. The minimum Gasteiger partial charge on any atom is -0.464 e. The maximum absolute atomic E-state index is 12.1. The molecule has 10 unspecified atom stereocenters. The molecule has 8 N–H and O–H groups in total. The van der Waals surface area contributed by atoms with E-state index in [0.717, 1.165) is 0 Å². The number of aliphatic hydroxyl groups excluding tert-OH is 8. The van der Waals surface area contributed by atoms with Gasteiger partial charge in [0, 0.05) is 25.0 Å². The summed E-state index contributed by atoms with van der Waals surface area (Å²) in [4.78, 5) is 24.2. The first kappa shape index (κ1) is 36.4. The fourth-order valence-corrected chi connectivity index (χ4v) is 6.20. The second-order valence-corrected chi connectivity index (χ2v) is 12.2. The van der Waals surface area contributed by atoms with E-state index in [9.17, 15) is 50.4 Å². The van der Waals surface area contributed by atoms with E-state index in [1.54, 1.807) is 36.4 Å². The molecule has 0 spiro atoms. The number of hydrogen-bond acceptors (Lipinski definition) is 14. The third kappa shape index (κ3) is 7.21. The molecule has 2 aromatic rings. The molecule has 0 bridgehead atoms.